The Morgan fingerprint density at radius 1 is 1.47 bits per heavy atom. The topological polar surface area (TPSA) is 70.8 Å². The second-order valence-electron chi connectivity index (χ2n) is 4.08. The Bertz CT molecular complexity index is 285. The molecule has 15 heavy (non-hydrogen) atoms. The lowest BCUT2D eigenvalue weighted by Gasteiger charge is -2.18. The number of fused-ring (bicyclic) bond motifs is 1. The summed E-state index contributed by atoms with van der Waals surface area (Å²) in [6.07, 6.45) is 2.08. The normalized spacial score (nSPS) is 38.4. The van der Waals surface area contributed by atoms with Crippen LogP contribution in [-0.4, -0.2) is 29.2 Å². The number of nitrogens with zero attached hydrogens (tertiary/aromatic N) is 1. The van der Waals surface area contributed by atoms with E-state index in [1.165, 1.54) is 6.08 Å². The van der Waals surface area contributed by atoms with E-state index in [1.807, 2.05) is 13.8 Å². The van der Waals surface area contributed by atoms with Crippen molar-refractivity contribution in [3.63, 3.8) is 0 Å². The van der Waals surface area contributed by atoms with Crippen LogP contribution >= 0.6 is 0 Å². The van der Waals surface area contributed by atoms with Gasteiger partial charge in [-0.2, -0.15) is 0 Å². The molecule has 0 aromatic rings. The van der Waals surface area contributed by atoms with Gasteiger partial charge in [-0.3, -0.25) is 10.1 Å². The minimum absolute atomic E-state index is 0.124. The van der Waals surface area contributed by atoms with E-state index in [0.29, 0.717) is 6.42 Å². The molecule has 0 aromatic heterocycles. The molecule has 2 fully saturated rings. The molecule has 2 saturated heterocycles. The fraction of sp³-hybridized carbons (Fsp3) is 0.778. The average molecular weight is 215 g/mol. The number of rotatable bonds is 2. The lowest BCUT2D eigenvalue weighted by molar-refractivity contribution is -0.403. The van der Waals surface area contributed by atoms with Gasteiger partial charge in [-0.15, -0.1) is 0 Å². The van der Waals surface area contributed by atoms with Gasteiger partial charge in [0.15, 0.2) is 12.1 Å². The third-order valence-electron chi connectivity index (χ3n) is 2.33. The maximum atomic E-state index is 10.1. The molecule has 3 atom stereocenters. The number of ether oxygens (including phenoxy) is 3. The number of nitro groups is 1. The Morgan fingerprint density at radius 3 is 2.80 bits per heavy atom. The highest BCUT2D eigenvalue weighted by Crippen LogP contribution is 2.37. The smallest absolute Gasteiger partial charge is 0.233 e. The molecule has 84 valence electrons. The zero-order valence-electron chi connectivity index (χ0n) is 8.58. The summed E-state index contributed by atoms with van der Waals surface area (Å²) in [5, 5.41) is 10.1. The van der Waals surface area contributed by atoms with Crippen LogP contribution in [0.2, 0.25) is 0 Å². The molecule has 1 unspecified atom stereocenters. The first-order valence-corrected chi connectivity index (χ1v) is 4.79. The first-order chi connectivity index (χ1) is 6.96. The second-order valence-corrected chi connectivity index (χ2v) is 4.08. The van der Waals surface area contributed by atoms with Crippen LogP contribution in [0.1, 0.15) is 20.3 Å². The van der Waals surface area contributed by atoms with Gasteiger partial charge in [0.2, 0.25) is 6.20 Å². The molecule has 6 heteroatoms. The SMILES string of the molecule is CC1(C)OC2O[C@H](/C=C/[N+](=O)[O-])C[C@H]2O1. The van der Waals surface area contributed by atoms with Gasteiger partial charge in [-0.1, -0.05) is 0 Å². The summed E-state index contributed by atoms with van der Waals surface area (Å²) in [7, 11) is 0. The Balaban J connectivity index is 1.91. The largest absolute Gasteiger partial charge is 0.342 e. The fourth-order valence-corrected chi connectivity index (χ4v) is 1.83. The van der Waals surface area contributed by atoms with Crippen molar-refractivity contribution in [2.75, 3.05) is 0 Å². The van der Waals surface area contributed by atoms with E-state index >= 15 is 0 Å². The lowest BCUT2D eigenvalue weighted by Crippen LogP contribution is -2.24. The number of hydrogen-bond donors (Lipinski definition) is 0. The van der Waals surface area contributed by atoms with E-state index < -0.39 is 17.0 Å². The van der Waals surface area contributed by atoms with E-state index in [1.54, 1.807) is 0 Å². The minimum Gasteiger partial charge on any atom is -0.342 e. The van der Waals surface area contributed by atoms with Crippen LogP contribution in [0.3, 0.4) is 0 Å². The quantitative estimate of drug-likeness (QED) is 0.508. The predicted octanol–water partition coefficient (Wildman–Crippen LogP) is 1.04. The Labute approximate surface area is 87.0 Å². The van der Waals surface area contributed by atoms with Crippen molar-refractivity contribution in [2.24, 2.45) is 0 Å². The monoisotopic (exact) mass is 215 g/mol. The molecule has 0 amide bonds. The Hall–Kier alpha value is -0.980. The molecule has 0 spiro atoms. The maximum Gasteiger partial charge on any atom is 0.233 e. The second kappa shape index (κ2) is 3.55. The Kier molecular flexibility index (Phi) is 2.49. The minimum atomic E-state index is -0.618. The summed E-state index contributed by atoms with van der Waals surface area (Å²) in [4.78, 5) is 9.60. The molecule has 0 bridgehead atoms. The van der Waals surface area contributed by atoms with E-state index in [-0.39, 0.29) is 12.2 Å². The van der Waals surface area contributed by atoms with Crippen LogP contribution < -0.4 is 0 Å². The zero-order valence-corrected chi connectivity index (χ0v) is 8.58. The van der Waals surface area contributed by atoms with E-state index in [0.717, 1.165) is 6.20 Å². The first-order valence-electron chi connectivity index (χ1n) is 4.79. The molecule has 2 rings (SSSR count). The third kappa shape index (κ3) is 2.34. The lowest BCUT2D eigenvalue weighted by atomic mass is 10.2. The first kappa shape index (κ1) is 10.5. The van der Waals surface area contributed by atoms with Gasteiger partial charge in [0.25, 0.3) is 0 Å². The van der Waals surface area contributed by atoms with Gasteiger partial charge in [0.05, 0.1) is 11.0 Å². The summed E-state index contributed by atoms with van der Waals surface area (Å²) in [5.41, 5.74) is 0. The molecular formula is C9H13NO5. The van der Waals surface area contributed by atoms with E-state index in [2.05, 4.69) is 0 Å². The standard InChI is InChI=1S/C9H13NO5/c1-9(2)14-7-5-6(3-4-10(11)12)13-8(7)15-9/h3-4,6-8H,5H2,1-2H3/b4-3+/t6-,7-,8?/m1/s1. The van der Waals surface area contributed by atoms with Crippen LogP contribution in [0.4, 0.5) is 0 Å². The summed E-state index contributed by atoms with van der Waals surface area (Å²) >= 11 is 0. The van der Waals surface area contributed by atoms with Gasteiger partial charge >= 0.3 is 0 Å². The van der Waals surface area contributed by atoms with Crippen molar-refractivity contribution >= 4 is 0 Å². The van der Waals surface area contributed by atoms with Crippen molar-refractivity contribution in [3.8, 4) is 0 Å². The van der Waals surface area contributed by atoms with Gasteiger partial charge < -0.3 is 14.2 Å². The molecule has 0 N–H and O–H groups in total. The van der Waals surface area contributed by atoms with Gasteiger partial charge in [0, 0.05) is 12.5 Å². The summed E-state index contributed by atoms with van der Waals surface area (Å²) in [6, 6.07) is 0. The molecular weight excluding hydrogens is 202 g/mol. The zero-order chi connectivity index (χ0) is 11.1. The van der Waals surface area contributed by atoms with Crippen molar-refractivity contribution in [3.05, 3.63) is 22.4 Å². The van der Waals surface area contributed by atoms with E-state index in [4.69, 9.17) is 14.2 Å². The van der Waals surface area contributed by atoms with Crippen LogP contribution in [0.15, 0.2) is 12.3 Å². The molecule has 2 heterocycles. The number of hydrogen-bond acceptors (Lipinski definition) is 5. The molecule has 0 aliphatic carbocycles. The van der Waals surface area contributed by atoms with Crippen molar-refractivity contribution in [1.29, 1.82) is 0 Å². The molecule has 2 aliphatic rings. The molecule has 0 aromatic carbocycles. The molecule has 0 radical (unpaired) electrons. The fourth-order valence-electron chi connectivity index (χ4n) is 1.83. The Morgan fingerprint density at radius 2 is 2.20 bits per heavy atom. The van der Waals surface area contributed by atoms with Gasteiger partial charge in [0.1, 0.15) is 6.10 Å². The van der Waals surface area contributed by atoms with Crippen molar-refractivity contribution < 1.29 is 19.1 Å². The summed E-state index contributed by atoms with van der Waals surface area (Å²) in [6.45, 7) is 3.63. The maximum absolute atomic E-state index is 10.1. The summed E-state index contributed by atoms with van der Waals surface area (Å²) in [5.74, 6) is -0.618. The van der Waals surface area contributed by atoms with Gasteiger partial charge in [-0.25, -0.2) is 0 Å². The highest BCUT2D eigenvalue weighted by molar-refractivity contribution is 4.94. The molecule has 2 aliphatic heterocycles. The predicted molar refractivity (Wildman–Crippen MR) is 49.4 cm³/mol. The molecule has 0 saturated carbocycles. The van der Waals surface area contributed by atoms with Crippen LogP contribution in [0.25, 0.3) is 0 Å². The van der Waals surface area contributed by atoms with Crippen LogP contribution in [-0.2, 0) is 14.2 Å². The summed E-state index contributed by atoms with van der Waals surface area (Å²) < 4.78 is 16.5. The van der Waals surface area contributed by atoms with Crippen LogP contribution in [0.5, 0.6) is 0 Å². The average Bonchev–Trinajstić information content (AvgIpc) is 2.53. The third-order valence-corrected chi connectivity index (χ3v) is 2.33. The van der Waals surface area contributed by atoms with Crippen LogP contribution in [0, 0.1) is 10.1 Å². The van der Waals surface area contributed by atoms with Crippen molar-refractivity contribution in [2.45, 2.75) is 44.6 Å². The van der Waals surface area contributed by atoms with Gasteiger partial charge in [-0.05, 0) is 13.8 Å². The highest BCUT2D eigenvalue weighted by atomic mass is 16.8. The van der Waals surface area contributed by atoms with Crippen molar-refractivity contribution in [1.82, 2.24) is 0 Å². The van der Waals surface area contributed by atoms with E-state index in [9.17, 15) is 10.1 Å². The molecule has 6 nitrogen and oxygen atoms in total. The highest BCUT2D eigenvalue weighted by Gasteiger charge is 2.48.